The zero-order valence-corrected chi connectivity index (χ0v) is 13.5. The van der Waals surface area contributed by atoms with Gasteiger partial charge in [0.2, 0.25) is 5.91 Å². The highest BCUT2D eigenvalue weighted by Gasteiger charge is 2.14. The number of nitrogens with zero attached hydrogens (tertiary/aromatic N) is 2. The van der Waals surface area contributed by atoms with E-state index < -0.39 is 6.10 Å². The summed E-state index contributed by atoms with van der Waals surface area (Å²) in [5.74, 6) is -0.281. The Bertz CT molecular complexity index is 817. The number of amides is 1. The van der Waals surface area contributed by atoms with Crippen LogP contribution in [-0.2, 0) is 4.79 Å². The van der Waals surface area contributed by atoms with Crippen LogP contribution in [0.3, 0.4) is 0 Å². The molecule has 1 heterocycles. The van der Waals surface area contributed by atoms with Gasteiger partial charge in [0.05, 0.1) is 23.9 Å². The zero-order chi connectivity index (χ0) is 16.9. The second-order valence-electron chi connectivity index (χ2n) is 5.29. The Labute approximate surface area is 144 Å². The first-order valence-electron chi connectivity index (χ1n) is 7.46. The molecule has 0 fully saturated rings. The van der Waals surface area contributed by atoms with E-state index in [1.54, 1.807) is 47.4 Å². The van der Waals surface area contributed by atoms with E-state index in [0.717, 1.165) is 5.69 Å². The fraction of sp³-hybridized carbons (Fsp3) is 0.111. The van der Waals surface area contributed by atoms with Gasteiger partial charge in [-0.2, -0.15) is 5.10 Å². The van der Waals surface area contributed by atoms with Crippen molar-refractivity contribution >= 4 is 23.2 Å². The number of carbonyl (C=O) groups excluding carboxylic acids is 1. The van der Waals surface area contributed by atoms with Gasteiger partial charge in [-0.25, -0.2) is 4.68 Å². The molecule has 1 amide bonds. The molecule has 24 heavy (non-hydrogen) atoms. The van der Waals surface area contributed by atoms with Gasteiger partial charge in [-0.1, -0.05) is 35.9 Å². The molecular formula is C18H16ClN3O2. The summed E-state index contributed by atoms with van der Waals surface area (Å²) in [6.45, 7) is 0. The first-order valence-corrected chi connectivity index (χ1v) is 7.84. The maximum Gasteiger partial charge on any atom is 0.227 e. The maximum absolute atomic E-state index is 12.3. The predicted molar refractivity (Wildman–Crippen MR) is 93.2 cm³/mol. The smallest absolute Gasteiger partial charge is 0.227 e. The second-order valence-corrected chi connectivity index (χ2v) is 5.72. The number of halogens is 1. The number of para-hydroxylation sites is 2. The molecule has 0 saturated carbocycles. The highest BCUT2D eigenvalue weighted by molar-refractivity contribution is 6.30. The minimum atomic E-state index is -0.890. The van der Waals surface area contributed by atoms with Crippen LogP contribution >= 0.6 is 11.6 Å². The molecule has 0 aliphatic rings. The molecule has 0 spiro atoms. The van der Waals surface area contributed by atoms with Gasteiger partial charge in [0, 0.05) is 17.4 Å². The maximum atomic E-state index is 12.3. The van der Waals surface area contributed by atoms with Crippen LogP contribution in [0, 0.1) is 0 Å². The number of hydrogen-bond acceptors (Lipinski definition) is 3. The average molecular weight is 342 g/mol. The van der Waals surface area contributed by atoms with E-state index in [-0.39, 0.29) is 12.3 Å². The molecule has 0 bridgehead atoms. The minimum absolute atomic E-state index is 0.0466. The number of carbonyl (C=O) groups is 1. The summed E-state index contributed by atoms with van der Waals surface area (Å²) >= 11 is 5.83. The van der Waals surface area contributed by atoms with Gasteiger partial charge in [-0.15, -0.1) is 0 Å². The Morgan fingerprint density at radius 1 is 1.17 bits per heavy atom. The quantitative estimate of drug-likeness (QED) is 0.745. The number of benzene rings is 2. The Balaban J connectivity index is 1.70. The number of anilines is 1. The van der Waals surface area contributed by atoms with Crippen LogP contribution in [0.2, 0.25) is 5.02 Å². The Morgan fingerprint density at radius 3 is 2.62 bits per heavy atom. The summed E-state index contributed by atoms with van der Waals surface area (Å²) in [4.78, 5) is 12.3. The lowest BCUT2D eigenvalue weighted by Gasteiger charge is -2.14. The lowest BCUT2D eigenvalue weighted by molar-refractivity contribution is -0.118. The molecule has 1 aromatic heterocycles. The molecule has 6 heteroatoms. The lowest BCUT2D eigenvalue weighted by Crippen LogP contribution is -2.17. The van der Waals surface area contributed by atoms with Crippen LogP contribution in [0.15, 0.2) is 67.0 Å². The topological polar surface area (TPSA) is 67.2 Å². The molecule has 1 unspecified atom stereocenters. The Morgan fingerprint density at radius 2 is 1.92 bits per heavy atom. The molecule has 0 saturated heterocycles. The van der Waals surface area contributed by atoms with Crippen molar-refractivity contribution in [2.24, 2.45) is 0 Å². The summed E-state index contributed by atoms with van der Waals surface area (Å²) in [5.41, 5.74) is 2.04. The summed E-state index contributed by atoms with van der Waals surface area (Å²) in [7, 11) is 0. The molecule has 0 aliphatic heterocycles. The third kappa shape index (κ3) is 3.82. The highest BCUT2D eigenvalue weighted by Crippen LogP contribution is 2.22. The van der Waals surface area contributed by atoms with Crippen molar-refractivity contribution in [3.63, 3.8) is 0 Å². The van der Waals surface area contributed by atoms with Crippen molar-refractivity contribution in [3.8, 4) is 5.69 Å². The van der Waals surface area contributed by atoms with E-state index in [0.29, 0.717) is 16.3 Å². The number of aliphatic hydroxyl groups excluding tert-OH is 1. The van der Waals surface area contributed by atoms with Crippen LogP contribution in [0.5, 0.6) is 0 Å². The standard InChI is InChI=1S/C18H16ClN3O2/c19-14-8-6-13(7-9-14)17(23)12-18(24)21-15-4-1-2-5-16(15)22-11-3-10-20-22/h1-11,17,23H,12H2,(H,21,24). The Kier molecular flexibility index (Phi) is 4.93. The van der Waals surface area contributed by atoms with E-state index in [4.69, 9.17) is 11.6 Å². The summed E-state index contributed by atoms with van der Waals surface area (Å²) in [5, 5.41) is 17.8. The van der Waals surface area contributed by atoms with Crippen molar-refractivity contribution in [2.75, 3.05) is 5.32 Å². The van der Waals surface area contributed by atoms with Crippen molar-refractivity contribution in [1.82, 2.24) is 9.78 Å². The third-order valence-corrected chi connectivity index (χ3v) is 3.81. The SMILES string of the molecule is O=C(CC(O)c1ccc(Cl)cc1)Nc1ccccc1-n1cccn1. The van der Waals surface area contributed by atoms with E-state index in [1.807, 2.05) is 24.3 Å². The van der Waals surface area contributed by atoms with E-state index in [1.165, 1.54) is 0 Å². The molecular weight excluding hydrogens is 326 g/mol. The third-order valence-electron chi connectivity index (χ3n) is 3.56. The summed E-state index contributed by atoms with van der Waals surface area (Å²) in [6.07, 6.45) is 2.53. The van der Waals surface area contributed by atoms with Crippen molar-refractivity contribution in [1.29, 1.82) is 0 Å². The van der Waals surface area contributed by atoms with Gasteiger partial charge in [0.25, 0.3) is 0 Å². The van der Waals surface area contributed by atoms with Gasteiger partial charge in [-0.3, -0.25) is 4.79 Å². The first-order chi connectivity index (χ1) is 11.6. The summed E-state index contributed by atoms with van der Waals surface area (Å²) in [6, 6.07) is 15.9. The molecule has 3 aromatic rings. The van der Waals surface area contributed by atoms with Crippen LogP contribution < -0.4 is 5.32 Å². The minimum Gasteiger partial charge on any atom is -0.388 e. The zero-order valence-electron chi connectivity index (χ0n) is 12.8. The second kappa shape index (κ2) is 7.29. The number of rotatable bonds is 5. The molecule has 2 N–H and O–H groups in total. The molecule has 3 rings (SSSR count). The molecule has 5 nitrogen and oxygen atoms in total. The molecule has 2 aromatic carbocycles. The number of hydrogen-bond donors (Lipinski definition) is 2. The molecule has 122 valence electrons. The van der Waals surface area contributed by atoms with E-state index in [2.05, 4.69) is 10.4 Å². The van der Waals surface area contributed by atoms with Gasteiger partial charge in [0.1, 0.15) is 0 Å². The summed E-state index contributed by atoms with van der Waals surface area (Å²) < 4.78 is 1.67. The van der Waals surface area contributed by atoms with Crippen molar-refractivity contribution in [2.45, 2.75) is 12.5 Å². The van der Waals surface area contributed by atoms with Crippen LogP contribution in [0.1, 0.15) is 18.1 Å². The van der Waals surface area contributed by atoms with Crippen LogP contribution in [0.25, 0.3) is 5.69 Å². The van der Waals surface area contributed by atoms with Gasteiger partial charge >= 0.3 is 0 Å². The van der Waals surface area contributed by atoms with Gasteiger partial charge < -0.3 is 10.4 Å². The number of nitrogens with one attached hydrogen (secondary N) is 1. The molecule has 0 aliphatic carbocycles. The fourth-order valence-electron chi connectivity index (χ4n) is 2.37. The monoisotopic (exact) mass is 341 g/mol. The number of aliphatic hydroxyl groups is 1. The first kappa shape index (κ1) is 16.2. The number of aromatic nitrogens is 2. The fourth-order valence-corrected chi connectivity index (χ4v) is 2.50. The Hall–Kier alpha value is -2.63. The van der Waals surface area contributed by atoms with Crippen molar-refractivity contribution < 1.29 is 9.90 Å². The average Bonchev–Trinajstić information content (AvgIpc) is 3.10. The van der Waals surface area contributed by atoms with Gasteiger partial charge in [0.15, 0.2) is 0 Å². The molecule has 1 atom stereocenters. The normalized spacial score (nSPS) is 11.9. The highest BCUT2D eigenvalue weighted by atomic mass is 35.5. The van der Waals surface area contributed by atoms with Crippen LogP contribution in [0.4, 0.5) is 5.69 Å². The van der Waals surface area contributed by atoms with Crippen LogP contribution in [-0.4, -0.2) is 20.8 Å². The van der Waals surface area contributed by atoms with Crippen molar-refractivity contribution in [3.05, 3.63) is 77.6 Å². The van der Waals surface area contributed by atoms with E-state index >= 15 is 0 Å². The molecule has 0 radical (unpaired) electrons. The largest absolute Gasteiger partial charge is 0.388 e. The predicted octanol–water partition coefficient (Wildman–Crippen LogP) is 3.59. The lowest BCUT2D eigenvalue weighted by atomic mass is 10.1. The van der Waals surface area contributed by atoms with Gasteiger partial charge in [-0.05, 0) is 35.9 Å². The van der Waals surface area contributed by atoms with E-state index in [9.17, 15) is 9.90 Å².